The molecule has 0 aromatic heterocycles. The van der Waals surface area contributed by atoms with E-state index >= 15 is 0 Å². The van der Waals surface area contributed by atoms with Gasteiger partial charge in [0.2, 0.25) is 0 Å². The quantitative estimate of drug-likeness (QED) is 0.235. The number of guanidine groups is 1. The smallest absolute Gasteiger partial charge is 0.191 e. The molecular formula is C17H27BrIN3O2S2. The summed E-state index contributed by atoms with van der Waals surface area (Å²) in [4.78, 5) is 5.45. The fraction of sp³-hybridized carbons (Fsp3) is 0.588. The van der Waals surface area contributed by atoms with E-state index < -0.39 is 9.84 Å². The number of halogens is 2. The first kappa shape index (κ1) is 24.0. The van der Waals surface area contributed by atoms with E-state index in [1.807, 2.05) is 12.1 Å². The van der Waals surface area contributed by atoms with Gasteiger partial charge in [0.25, 0.3) is 0 Å². The molecule has 1 aromatic rings. The van der Waals surface area contributed by atoms with E-state index in [0.29, 0.717) is 18.3 Å². The number of nitrogens with zero attached hydrogens (tertiary/aromatic N) is 1. The van der Waals surface area contributed by atoms with Crippen LogP contribution in [0, 0.1) is 5.92 Å². The van der Waals surface area contributed by atoms with Crippen LogP contribution in [0.1, 0.15) is 20.3 Å². The van der Waals surface area contributed by atoms with Gasteiger partial charge in [0, 0.05) is 34.3 Å². The molecule has 1 fully saturated rings. The maximum Gasteiger partial charge on any atom is 0.191 e. The molecule has 0 radical (unpaired) electrons. The Morgan fingerprint density at radius 3 is 2.50 bits per heavy atom. The van der Waals surface area contributed by atoms with E-state index in [9.17, 15) is 8.42 Å². The van der Waals surface area contributed by atoms with Gasteiger partial charge in [-0.05, 0) is 50.5 Å². The standard InChI is InChI=1S/C17H26BrN3O2S2.HI/c1-17(2,24-15-6-4-14(18)5-7-15)12-21-16(19-3)20-10-13-8-9-25(22,23)11-13;/h4-7,13H,8-12H2,1-3H3,(H2,19,20,21);1H. The number of hydrogen-bond donors (Lipinski definition) is 2. The lowest BCUT2D eigenvalue weighted by Gasteiger charge is -2.26. The van der Waals surface area contributed by atoms with Crippen LogP contribution in [-0.2, 0) is 9.84 Å². The average Bonchev–Trinajstić information content (AvgIpc) is 2.89. The Bertz CT molecular complexity index is 709. The van der Waals surface area contributed by atoms with Gasteiger partial charge in [0.1, 0.15) is 0 Å². The summed E-state index contributed by atoms with van der Waals surface area (Å²) >= 11 is 5.26. The highest BCUT2D eigenvalue weighted by molar-refractivity contribution is 14.0. The number of aliphatic imine (C=N–C) groups is 1. The van der Waals surface area contributed by atoms with Crippen LogP contribution >= 0.6 is 51.7 Å². The van der Waals surface area contributed by atoms with Gasteiger partial charge in [-0.15, -0.1) is 35.7 Å². The van der Waals surface area contributed by atoms with E-state index in [-0.39, 0.29) is 40.4 Å². The number of sulfone groups is 1. The molecule has 1 atom stereocenters. The summed E-state index contributed by atoms with van der Waals surface area (Å²) in [5, 5.41) is 6.60. The molecule has 1 saturated heterocycles. The Kier molecular flexibility index (Phi) is 9.73. The number of benzene rings is 1. The summed E-state index contributed by atoms with van der Waals surface area (Å²) in [5.74, 6) is 1.48. The Morgan fingerprint density at radius 2 is 1.96 bits per heavy atom. The summed E-state index contributed by atoms with van der Waals surface area (Å²) in [6, 6.07) is 8.29. The van der Waals surface area contributed by atoms with Crippen molar-refractivity contribution in [3.05, 3.63) is 28.7 Å². The molecule has 1 aromatic carbocycles. The van der Waals surface area contributed by atoms with Crippen molar-refractivity contribution in [3.8, 4) is 0 Å². The average molecular weight is 576 g/mol. The monoisotopic (exact) mass is 575 g/mol. The zero-order chi connectivity index (χ0) is 18.5. The Labute approximate surface area is 186 Å². The minimum absolute atomic E-state index is 0. The molecule has 1 aliphatic heterocycles. The van der Waals surface area contributed by atoms with Crippen molar-refractivity contribution in [2.75, 3.05) is 31.6 Å². The molecule has 2 N–H and O–H groups in total. The molecule has 1 heterocycles. The van der Waals surface area contributed by atoms with E-state index in [2.05, 4.69) is 57.5 Å². The fourth-order valence-corrected chi connectivity index (χ4v) is 5.83. The van der Waals surface area contributed by atoms with Crippen LogP contribution in [0.15, 0.2) is 38.6 Å². The Morgan fingerprint density at radius 1 is 1.31 bits per heavy atom. The summed E-state index contributed by atoms with van der Waals surface area (Å²) < 4.78 is 24.1. The molecule has 0 saturated carbocycles. The summed E-state index contributed by atoms with van der Waals surface area (Å²) in [6.45, 7) is 5.75. The third kappa shape index (κ3) is 8.35. The van der Waals surface area contributed by atoms with Gasteiger partial charge < -0.3 is 10.6 Å². The van der Waals surface area contributed by atoms with Crippen LogP contribution in [0.4, 0.5) is 0 Å². The van der Waals surface area contributed by atoms with Gasteiger partial charge in [-0.25, -0.2) is 8.42 Å². The van der Waals surface area contributed by atoms with Crippen molar-refractivity contribution in [3.63, 3.8) is 0 Å². The van der Waals surface area contributed by atoms with E-state index in [0.717, 1.165) is 17.4 Å². The van der Waals surface area contributed by atoms with Gasteiger partial charge in [-0.1, -0.05) is 15.9 Å². The summed E-state index contributed by atoms with van der Waals surface area (Å²) in [5.41, 5.74) is 0. The first-order valence-electron chi connectivity index (χ1n) is 8.29. The van der Waals surface area contributed by atoms with Crippen LogP contribution in [0.25, 0.3) is 0 Å². The molecule has 5 nitrogen and oxygen atoms in total. The van der Waals surface area contributed by atoms with Gasteiger partial charge in [0.05, 0.1) is 11.5 Å². The zero-order valence-electron chi connectivity index (χ0n) is 15.3. The molecule has 26 heavy (non-hydrogen) atoms. The number of hydrogen-bond acceptors (Lipinski definition) is 4. The van der Waals surface area contributed by atoms with E-state index in [4.69, 9.17) is 0 Å². The predicted molar refractivity (Wildman–Crippen MR) is 126 cm³/mol. The normalized spacial score (nSPS) is 19.7. The zero-order valence-corrected chi connectivity index (χ0v) is 20.8. The van der Waals surface area contributed by atoms with Crippen molar-refractivity contribution in [1.82, 2.24) is 10.6 Å². The molecule has 148 valence electrons. The summed E-state index contributed by atoms with van der Waals surface area (Å²) in [6.07, 6.45) is 0.733. The van der Waals surface area contributed by atoms with Crippen molar-refractivity contribution < 1.29 is 8.42 Å². The number of rotatable bonds is 6. The van der Waals surface area contributed by atoms with Crippen molar-refractivity contribution in [1.29, 1.82) is 0 Å². The fourth-order valence-electron chi connectivity index (χ4n) is 2.65. The third-order valence-corrected chi connectivity index (χ3v) is 7.57. The molecule has 1 aliphatic rings. The topological polar surface area (TPSA) is 70.6 Å². The largest absolute Gasteiger partial charge is 0.356 e. The highest BCUT2D eigenvalue weighted by Crippen LogP contribution is 2.32. The van der Waals surface area contributed by atoms with Crippen LogP contribution in [0.3, 0.4) is 0 Å². The van der Waals surface area contributed by atoms with Crippen molar-refractivity contribution in [2.24, 2.45) is 10.9 Å². The van der Waals surface area contributed by atoms with Crippen LogP contribution in [0.2, 0.25) is 0 Å². The Hall–Kier alpha value is -0.000000000000000111. The lowest BCUT2D eigenvalue weighted by Crippen LogP contribution is -2.44. The lowest BCUT2D eigenvalue weighted by atomic mass is 10.1. The maximum absolute atomic E-state index is 11.5. The minimum Gasteiger partial charge on any atom is -0.356 e. The van der Waals surface area contributed by atoms with Crippen molar-refractivity contribution in [2.45, 2.75) is 29.9 Å². The SMILES string of the molecule is CN=C(NCC1CCS(=O)(=O)C1)NCC(C)(C)Sc1ccc(Br)cc1.I. The minimum atomic E-state index is -2.83. The van der Waals surface area contributed by atoms with Gasteiger partial charge in [0.15, 0.2) is 15.8 Å². The molecular weight excluding hydrogens is 549 g/mol. The third-order valence-electron chi connectivity index (χ3n) is 4.00. The van der Waals surface area contributed by atoms with Crippen molar-refractivity contribution >= 4 is 67.5 Å². The maximum atomic E-state index is 11.5. The molecule has 9 heteroatoms. The number of nitrogens with one attached hydrogen (secondary N) is 2. The van der Waals surface area contributed by atoms with Crippen LogP contribution in [0.5, 0.6) is 0 Å². The molecule has 0 aliphatic carbocycles. The molecule has 0 bridgehead atoms. The van der Waals surface area contributed by atoms with Gasteiger partial charge >= 0.3 is 0 Å². The molecule has 1 unspecified atom stereocenters. The van der Waals surface area contributed by atoms with E-state index in [1.165, 1.54) is 4.90 Å². The first-order chi connectivity index (χ1) is 11.7. The highest BCUT2D eigenvalue weighted by atomic mass is 127. The van der Waals surface area contributed by atoms with Gasteiger partial charge in [-0.3, -0.25) is 4.99 Å². The Balaban J connectivity index is 0.00000338. The second kappa shape index (κ2) is 10.5. The van der Waals surface area contributed by atoms with Gasteiger partial charge in [-0.2, -0.15) is 0 Å². The highest BCUT2D eigenvalue weighted by Gasteiger charge is 2.28. The molecule has 0 spiro atoms. The lowest BCUT2D eigenvalue weighted by molar-refractivity contribution is 0.564. The van der Waals surface area contributed by atoms with E-state index in [1.54, 1.807) is 18.8 Å². The first-order valence-corrected chi connectivity index (χ1v) is 11.7. The van der Waals surface area contributed by atoms with Crippen LogP contribution < -0.4 is 10.6 Å². The predicted octanol–water partition coefficient (Wildman–Crippen LogP) is 3.54. The molecule has 2 rings (SSSR count). The second-order valence-corrected chi connectivity index (χ2v) is 11.8. The summed E-state index contributed by atoms with van der Waals surface area (Å²) in [7, 11) is -1.10. The molecule has 0 amide bonds. The second-order valence-electron chi connectivity index (χ2n) is 6.89. The number of thioether (sulfide) groups is 1. The van der Waals surface area contributed by atoms with Crippen LogP contribution in [-0.4, -0.2) is 50.8 Å².